The number of aromatic nitrogens is 4. The Bertz CT molecular complexity index is 911. The molecule has 0 aliphatic rings. The molecule has 0 aliphatic carbocycles. The summed E-state index contributed by atoms with van der Waals surface area (Å²) in [7, 11) is 0. The summed E-state index contributed by atoms with van der Waals surface area (Å²) in [6.07, 6.45) is 3.52. The van der Waals surface area contributed by atoms with Crippen molar-refractivity contribution in [3.8, 4) is 0 Å². The number of nitrogens with one attached hydrogen (secondary N) is 2. The number of rotatable bonds is 6. The van der Waals surface area contributed by atoms with E-state index in [-0.39, 0.29) is 16.8 Å². The van der Waals surface area contributed by atoms with Crippen LogP contribution in [0.25, 0.3) is 11.2 Å². The van der Waals surface area contributed by atoms with Gasteiger partial charge in [-0.3, -0.25) is 14.9 Å². The molecule has 128 valence electrons. The molecule has 2 N–H and O–H groups in total. The predicted octanol–water partition coefficient (Wildman–Crippen LogP) is 2.77. The van der Waals surface area contributed by atoms with Crippen molar-refractivity contribution < 1.29 is 9.72 Å². The van der Waals surface area contributed by atoms with E-state index in [4.69, 9.17) is 0 Å². The first kappa shape index (κ1) is 16.8. The first-order chi connectivity index (χ1) is 12.1. The van der Waals surface area contributed by atoms with Crippen molar-refractivity contribution in [2.75, 3.05) is 5.32 Å². The number of fused-ring (bicyclic) bond motifs is 1. The molecule has 0 fully saturated rings. The van der Waals surface area contributed by atoms with Gasteiger partial charge in [0.25, 0.3) is 5.69 Å². The largest absolute Gasteiger partial charge is 0.341 e. The molecular weight excluding hydrogens is 344 g/mol. The number of nitrogens with zero attached hydrogens (tertiary/aromatic N) is 4. The number of carbonyl (C=O) groups excluding carboxylic acids is 1. The maximum Gasteiger partial charge on any atom is 0.269 e. The van der Waals surface area contributed by atoms with Crippen LogP contribution in [0.5, 0.6) is 0 Å². The first-order valence-corrected chi connectivity index (χ1v) is 8.32. The summed E-state index contributed by atoms with van der Waals surface area (Å²) in [5, 5.41) is 13.7. The maximum absolute atomic E-state index is 12.5. The zero-order chi connectivity index (χ0) is 17.8. The quantitative estimate of drug-likeness (QED) is 0.300. The van der Waals surface area contributed by atoms with E-state index in [1.165, 1.54) is 48.7 Å². The van der Waals surface area contributed by atoms with Crippen LogP contribution in [0.3, 0.4) is 0 Å². The molecule has 0 aliphatic heterocycles. The molecule has 2 heterocycles. The van der Waals surface area contributed by atoms with E-state index in [9.17, 15) is 14.9 Å². The number of imidazole rings is 1. The fourth-order valence-electron chi connectivity index (χ4n) is 2.18. The topological polar surface area (TPSA) is 127 Å². The van der Waals surface area contributed by atoms with Gasteiger partial charge >= 0.3 is 0 Å². The number of thioether (sulfide) groups is 1. The molecule has 0 spiro atoms. The Labute approximate surface area is 146 Å². The Balaban J connectivity index is 1.73. The average molecular weight is 358 g/mol. The van der Waals surface area contributed by atoms with Crippen molar-refractivity contribution in [1.82, 2.24) is 19.9 Å². The zero-order valence-corrected chi connectivity index (χ0v) is 14.0. The number of anilines is 1. The third-order valence-corrected chi connectivity index (χ3v) is 4.82. The predicted molar refractivity (Wildman–Crippen MR) is 93.3 cm³/mol. The van der Waals surface area contributed by atoms with E-state index < -0.39 is 4.92 Å². The summed E-state index contributed by atoms with van der Waals surface area (Å²) in [5.74, 6) is -0.201. The van der Waals surface area contributed by atoms with Crippen LogP contribution in [0.2, 0.25) is 0 Å². The number of non-ortho nitro benzene ring substituents is 1. The van der Waals surface area contributed by atoms with Crippen molar-refractivity contribution >= 4 is 40.2 Å². The number of amides is 1. The molecule has 0 saturated heterocycles. The highest BCUT2D eigenvalue weighted by Gasteiger charge is 2.21. The van der Waals surface area contributed by atoms with Gasteiger partial charge in [-0.2, -0.15) is 0 Å². The lowest BCUT2D eigenvalue weighted by molar-refractivity contribution is -0.384. The summed E-state index contributed by atoms with van der Waals surface area (Å²) in [6, 6.07) is 5.71. The molecule has 0 unspecified atom stereocenters. The van der Waals surface area contributed by atoms with E-state index in [1.54, 1.807) is 0 Å². The number of hydrogen-bond donors (Lipinski definition) is 2. The summed E-state index contributed by atoms with van der Waals surface area (Å²) < 4.78 is 0. The number of hydrogen-bond acceptors (Lipinski definition) is 7. The highest BCUT2D eigenvalue weighted by molar-refractivity contribution is 8.00. The van der Waals surface area contributed by atoms with Gasteiger partial charge in [-0.05, 0) is 18.6 Å². The van der Waals surface area contributed by atoms with Crippen molar-refractivity contribution in [2.45, 2.75) is 23.6 Å². The second-order valence-electron chi connectivity index (χ2n) is 5.09. The number of nitro groups is 1. The normalized spacial score (nSPS) is 12.0. The van der Waals surface area contributed by atoms with Gasteiger partial charge in [0, 0.05) is 17.8 Å². The van der Waals surface area contributed by atoms with Crippen molar-refractivity contribution in [3.05, 3.63) is 47.0 Å². The minimum atomic E-state index is -0.485. The van der Waals surface area contributed by atoms with Crippen LogP contribution in [0.15, 0.2) is 41.9 Å². The molecule has 1 amide bonds. The third kappa shape index (κ3) is 3.74. The second kappa shape index (κ2) is 7.26. The summed E-state index contributed by atoms with van der Waals surface area (Å²) >= 11 is 1.32. The van der Waals surface area contributed by atoms with Gasteiger partial charge in [0.05, 0.1) is 16.5 Å². The molecule has 9 nitrogen and oxygen atoms in total. The van der Waals surface area contributed by atoms with E-state index in [0.29, 0.717) is 28.3 Å². The van der Waals surface area contributed by atoms with E-state index in [1.807, 2.05) is 6.92 Å². The molecule has 10 heteroatoms. The molecule has 3 rings (SSSR count). The number of nitro benzene ring substituents is 1. The SMILES string of the molecule is CC[C@H](Sc1ncnc2nc[nH]c12)C(=O)Nc1ccc([N+](=O)[O-])cc1. The lowest BCUT2D eigenvalue weighted by atomic mass is 10.2. The minimum Gasteiger partial charge on any atom is -0.341 e. The fraction of sp³-hybridized carbons (Fsp3) is 0.200. The fourth-order valence-corrected chi connectivity index (χ4v) is 3.16. The van der Waals surface area contributed by atoms with Crippen LogP contribution in [0.4, 0.5) is 11.4 Å². The van der Waals surface area contributed by atoms with E-state index in [2.05, 4.69) is 25.3 Å². The van der Waals surface area contributed by atoms with Crippen LogP contribution < -0.4 is 5.32 Å². The zero-order valence-electron chi connectivity index (χ0n) is 13.2. The van der Waals surface area contributed by atoms with Gasteiger partial charge in [0.2, 0.25) is 5.91 Å². The van der Waals surface area contributed by atoms with Crippen LogP contribution in [-0.4, -0.2) is 36.0 Å². The molecule has 25 heavy (non-hydrogen) atoms. The van der Waals surface area contributed by atoms with Crippen LogP contribution in [-0.2, 0) is 4.79 Å². The molecule has 3 aromatic rings. The Morgan fingerprint density at radius 1 is 1.32 bits per heavy atom. The van der Waals surface area contributed by atoms with E-state index >= 15 is 0 Å². The molecule has 0 bridgehead atoms. The van der Waals surface area contributed by atoms with E-state index in [0.717, 1.165) is 0 Å². The number of aromatic amines is 1. The van der Waals surface area contributed by atoms with Crippen LogP contribution in [0, 0.1) is 10.1 Å². The number of benzene rings is 1. The van der Waals surface area contributed by atoms with Gasteiger partial charge in [0.15, 0.2) is 5.65 Å². The summed E-state index contributed by atoms with van der Waals surface area (Å²) in [6.45, 7) is 1.90. The van der Waals surface area contributed by atoms with Gasteiger partial charge in [0.1, 0.15) is 16.9 Å². The molecular formula is C15H14N6O3S. The third-order valence-electron chi connectivity index (χ3n) is 3.45. The van der Waals surface area contributed by atoms with Crippen molar-refractivity contribution in [1.29, 1.82) is 0 Å². The Hall–Kier alpha value is -3.01. The summed E-state index contributed by atoms with van der Waals surface area (Å²) in [4.78, 5) is 38.0. The maximum atomic E-state index is 12.5. The van der Waals surface area contributed by atoms with Crippen molar-refractivity contribution in [2.24, 2.45) is 0 Å². The van der Waals surface area contributed by atoms with Crippen molar-refractivity contribution in [3.63, 3.8) is 0 Å². The number of H-pyrrole nitrogens is 1. The van der Waals surface area contributed by atoms with Gasteiger partial charge in [-0.15, -0.1) is 0 Å². The highest BCUT2D eigenvalue weighted by Crippen LogP contribution is 2.28. The molecule has 0 radical (unpaired) electrons. The summed E-state index contributed by atoms with van der Waals surface area (Å²) in [5.41, 5.74) is 1.71. The Morgan fingerprint density at radius 3 is 2.76 bits per heavy atom. The standard InChI is InChI=1S/C15H14N6O3S/c1-2-11(25-15-12-13(17-7-16-12)18-8-19-15)14(22)20-9-3-5-10(6-4-9)21(23)24/h3-8,11H,2H2,1H3,(H,20,22)(H,16,17,18,19)/t11-/m0/s1. The Kier molecular flexibility index (Phi) is 4.89. The average Bonchev–Trinajstić information content (AvgIpc) is 3.09. The molecule has 0 saturated carbocycles. The molecule has 1 atom stereocenters. The van der Waals surface area contributed by atoms with Crippen LogP contribution >= 0.6 is 11.8 Å². The second-order valence-corrected chi connectivity index (χ2v) is 6.28. The van der Waals surface area contributed by atoms with Gasteiger partial charge in [-0.1, -0.05) is 18.7 Å². The Morgan fingerprint density at radius 2 is 2.08 bits per heavy atom. The minimum absolute atomic E-state index is 0.0259. The molecule has 1 aromatic carbocycles. The van der Waals surface area contributed by atoms with Gasteiger partial charge < -0.3 is 10.3 Å². The van der Waals surface area contributed by atoms with Gasteiger partial charge in [-0.25, -0.2) is 15.0 Å². The molecule has 2 aromatic heterocycles. The lowest BCUT2D eigenvalue weighted by Gasteiger charge is -2.14. The monoisotopic (exact) mass is 358 g/mol. The smallest absolute Gasteiger partial charge is 0.269 e. The van der Waals surface area contributed by atoms with Crippen LogP contribution in [0.1, 0.15) is 13.3 Å². The number of carbonyl (C=O) groups is 1. The highest BCUT2D eigenvalue weighted by atomic mass is 32.2. The lowest BCUT2D eigenvalue weighted by Crippen LogP contribution is -2.24. The first-order valence-electron chi connectivity index (χ1n) is 7.44.